The predicted molar refractivity (Wildman–Crippen MR) is 131 cm³/mol. The zero-order valence-electron chi connectivity index (χ0n) is 20.7. The molecule has 0 radical (unpaired) electrons. The molecule has 7 heteroatoms. The number of thiophene rings is 1. The van der Waals surface area contributed by atoms with E-state index in [1.54, 1.807) is 16.7 Å². The molecule has 0 N–H and O–H groups in total. The van der Waals surface area contributed by atoms with Crippen molar-refractivity contribution in [2.24, 2.45) is 17.3 Å². The third kappa shape index (κ3) is 6.17. The Hall–Kier alpha value is -2.33. The summed E-state index contributed by atoms with van der Waals surface area (Å²) >= 11 is 1.27. The summed E-state index contributed by atoms with van der Waals surface area (Å²) in [6, 6.07) is 1.69. The number of amides is 2. The molecule has 1 aliphatic heterocycles. The van der Waals surface area contributed by atoms with E-state index in [9.17, 15) is 14.4 Å². The van der Waals surface area contributed by atoms with Crippen LogP contribution in [0.2, 0.25) is 0 Å². The van der Waals surface area contributed by atoms with E-state index >= 15 is 0 Å². The van der Waals surface area contributed by atoms with Gasteiger partial charge in [-0.15, -0.1) is 11.3 Å². The molecule has 1 saturated heterocycles. The molecule has 1 saturated carbocycles. The number of hydrogen-bond donors (Lipinski definition) is 0. The lowest BCUT2D eigenvalue weighted by atomic mass is 9.82. The Labute approximate surface area is 201 Å². The summed E-state index contributed by atoms with van der Waals surface area (Å²) in [5.41, 5.74) is 0.390. The molecule has 0 bridgehead atoms. The fourth-order valence-electron chi connectivity index (χ4n) is 4.55. The van der Waals surface area contributed by atoms with Crippen molar-refractivity contribution in [2.45, 2.75) is 72.8 Å². The zero-order valence-corrected chi connectivity index (χ0v) is 21.5. The molecule has 0 spiro atoms. The Balaban J connectivity index is 2.04. The fraction of sp³-hybridized carbons (Fsp3) is 0.654. The van der Waals surface area contributed by atoms with Crippen LogP contribution < -0.4 is 4.90 Å². The lowest BCUT2D eigenvalue weighted by Crippen LogP contribution is -2.46. The molecule has 1 aliphatic carbocycles. The second-order valence-corrected chi connectivity index (χ2v) is 11.4. The molecule has 180 valence electrons. The number of carbonyl (C=O) groups excluding carboxylic acids is 3. The molecule has 6 nitrogen and oxygen atoms in total. The van der Waals surface area contributed by atoms with E-state index in [1.807, 2.05) is 26.8 Å². The van der Waals surface area contributed by atoms with Gasteiger partial charge in [-0.25, -0.2) is 4.79 Å². The van der Waals surface area contributed by atoms with Gasteiger partial charge < -0.3 is 14.5 Å². The highest BCUT2D eigenvalue weighted by Crippen LogP contribution is 2.38. The van der Waals surface area contributed by atoms with Crippen molar-refractivity contribution < 1.29 is 19.1 Å². The van der Waals surface area contributed by atoms with Gasteiger partial charge in [-0.05, 0) is 64.9 Å². The standard InChI is InChI=1S/C26H36N2O4S/c1-17-7-9-19(10-8-17)24(30)28(20-12-14-27(16-20)18(2)29)22-15-21(11-13-26(3,4)5)33-23(22)25(31)32-6/h15,17,19-20H,7-10,12,14,16H2,1-6H3/t17?,19?,20-/m0/s1. The number of anilines is 1. The van der Waals surface area contributed by atoms with Gasteiger partial charge in [0.15, 0.2) is 0 Å². The highest BCUT2D eigenvalue weighted by atomic mass is 32.1. The van der Waals surface area contributed by atoms with Crippen LogP contribution in [-0.2, 0) is 14.3 Å². The normalized spacial score (nSPS) is 23.0. The van der Waals surface area contributed by atoms with E-state index in [0.717, 1.165) is 30.6 Å². The summed E-state index contributed by atoms with van der Waals surface area (Å²) in [5, 5.41) is 0. The summed E-state index contributed by atoms with van der Waals surface area (Å²) in [6.45, 7) is 11.0. The molecule has 0 aromatic carbocycles. The van der Waals surface area contributed by atoms with Crippen molar-refractivity contribution in [3.05, 3.63) is 15.8 Å². The van der Waals surface area contributed by atoms with Gasteiger partial charge in [-0.1, -0.05) is 18.8 Å². The first kappa shape index (κ1) is 25.3. The Morgan fingerprint density at radius 1 is 1.15 bits per heavy atom. The molecule has 33 heavy (non-hydrogen) atoms. The third-order valence-corrected chi connectivity index (χ3v) is 7.50. The molecular weight excluding hydrogens is 436 g/mol. The SMILES string of the molecule is COC(=O)c1sc(C#CC(C)(C)C)cc1N(C(=O)C1CCC(C)CC1)[C@H]1CCN(C(C)=O)C1. The molecule has 0 unspecified atom stereocenters. The molecular formula is C26H36N2O4S. The summed E-state index contributed by atoms with van der Waals surface area (Å²) in [5.74, 6) is 6.55. The summed E-state index contributed by atoms with van der Waals surface area (Å²) in [6.07, 6.45) is 4.46. The van der Waals surface area contributed by atoms with Crippen LogP contribution in [0, 0.1) is 29.1 Å². The van der Waals surface area contributed by atoms with Gasteiger partial charge in [-0.2, -0.15) is 0 Å². The van der Waals surface area contributed by atoms with Crippen LogP contribution in [0.5, 0.6) is 0 Å². The molecule has 2 heterocycles. The number of ether oxygens (including phenoxy) is 1. The van der Waals surface area contributed by atoms with Gasteiger partial charge in [0.05, 0.1) is 23.7 Å². The predicted octanol–water partition coefficient (Wildman–Crippen LogP) is 4.71. The number of nitrogens with zero attached hydrogens (tertiary/aromatic N) is 2. The molecule has 2 amide bonds. The number of esters is 1. The maximum atomic E-state index is 13.9. The zero-order chi connectivity index (χ0) is 24.3. The van der Waals surface area contributed by atoms with E-state index in [2.05, 4.69) is 18.8 Å². The molecule has 1 atom stereocenters. The van der Waals surface area contributed by atoms with E-state index in [-0.39, 0.29) is 29.2 Å². The van der Waals surface area contributed by atoms with Crippen molar-refractivity contribution in [2.75, 3.05) is 25.1 Å². The van der Waals surface area contributed by atoms with Crippen LogP contribution in [0.25, 0.3) is 0 Å². The molecule has 1 aromatic rings. The fourth-order valence-corrected chi connectivity index (χ4v) is 5.47. The average molecular weight is 473 g/mol. The maximum Gasteiger partial charge on any atom is 0.350 e. The lowest BCUT2D eigenvalue weighted by Gasteiger charge is -2.34. The van der Waals surface area contributed by atoms with Crippen molar-refractivity contribution >= 4 is 34.8 Å². The average Bonchev–Trinajstić information content (AvgIpc) is 3.40. The van der Waals surface area contributed by atoms with Gasteiger partial charge in [-0.3, -0.25) is 9.59 Å². The van der Waals surface area contributed by atoms with Crippen LogP contribution in [-0.4, -0.2) is 48.9 Å². The second-order valence-electron chi connectivity index (χ2n) is 10.4. The lowest BCUT2D eigenvalue weighted by molar-refractivity contribution is -0.128. The smallest absolute Gasteiger partial charge is 0.350 e. The van der Waals surface area contributed by atoms with Gasteiger partial charge in [0.2, 0.25) is 11.8 Å². The number of methoxy groups -OCH3 is 1. The van der Waals surface area contributed by atoms with Gasteiger partial charge in [0.25, 0.3) is 0 Å². The first-order chi connectivity index (χ1) is 15.5. The number of rotatable bonds is 4. The van der Waals surface area contributed by atoms with Crippen molar-refractivity contribution in [3.8, 4) is 11.8 Å². The Bertz CT molecular complexity index is 957. The summed E-state index contributed by atoms with van der Waals surface area (Å²) < 4.78 is 5.07. The topological polar surface area (TPSA) is 66.9 Å². The molecule has 2 aliphatic rings. The summed E-state index contributed by atoms with van der Waals surface area (Å²) in [4.78, 5) is 43.3. The molecule has 3 rings (SSSR count). The quantitative estimate of drug-likeness (QED) is 0.470. The minimum atomic E-state index is -0.463. The Kier molecular flexibility index (Phi) is 7.89. The highest BCUT2D eigenvalue weighted by Gasteiger charge is 2.39. The minimum absolute atomic E-state index is 0.00614. The monoisotopic (exact) mass is 472 g/mol. The van der Waals surface area contributed by atoms with E-state index in [4.69, 9.17) is 4.74 Å². The van der Waals surface area contributed by atoms with E-state index in [0.29, 0.717) is 36.0 Å². The van der Waals surface area contributed by atoms with E-state index in [1.165, 1.54) is 18.4 Å². The van der Waals surface area contributed by atoms with Crippen molar-refractivity contribution in [1.29, 1.82) is 0 Å². The first-order valence-corrected chi connectivity index (χ1v) is 12.7. The van der Waals surface area contributed by atoms with Crippen LogP contribution in [0.3, 0.4) is 0 Å². The van der Waals surface area contributed by atoms with Crippen molar-refractivity contribution in [3.63, 3.8) is 0 Å². The number of carbonyl (C=O) groups is 3. The Morgan fingerprint density at radius 2 is 1.82 bits per heavy atom. The van der Waals surface area contributed by atoms with Crippen LogP contribution in [0.4, 0.5) is 5.69 Å². The third-order valence-electron chi connectivity index (χ3n) is 6.48. The first-order valence-electron chi connectivity index (χ1n) is 11.8. The number of hydrogen-bond acceptors (Lipinski definition) is 5. The largest absolute Gasteiger partial charge is 0.465 e. The van der Waals surface area contributed by atoms with Gasteiger partial charge >= 0.3 is 5.97 Å². The van der Waals surface area contributed by atoms with Crippen LogP contribution in [0.15, 0.2) is 6.07 Å². The van der Waals surface area contributed by atoms with Gasteiger partial charge in [0, 0.05) is 31.3 Å². The molecule has 2 fully saturated rings. The van der Waals surface area contributed by atoms with E-state index < -0.39 is 5.97 Å². The number of likely N-dealkylation sites (tertiary alicyclic amines) is 1. The van der Waals surface area contributed by atoms with Crippen LogP contribution >= 0.6 is 11.3 Å². The highest BCUT2D eigenvalue weighted by molar-refractivity contribution is 7.15. The minimum Gasteiger partial charge on any atom is -0.465 e. The Morgan fingerprint density at radius 3 is 2.36 bits per heavy atom. The van der Waals surface area contributed by atoms with Crippen LogP contribution in [0.1, 0.15) is 81.3 Å². The van der Waals surface area contributed by atoms with Gasteiger partial charge in [0.1, 0.15) is 4.88 Å². The summed E-state index contributed by atoms with van der Waals surface area (Å²) in [7, 11) is 1.36. The second kappa shape index (κ2) is 10.3. The molecule has 1 aromatic heterocycles. The maximum absolute atomic E-state index is 13.9. The van der Waals surface area contributed by atoms with Crippen molar-refractivity contribution in [1.82, 2.24) is 4.90 Å².